The number of para-hydroxylation sites is 1. The number of nitrogens with zero attached hydrogens (tertiary/aromatic N) is 2. The first-order chi connectivity index (χ1) is 11.7. The van der Waals surface area contributed by atoms with Gasteiger partial charge in [0, 0.05) is 39.3 Å². The van der Waals surface area contributed by atoms with Crippen LogP contribution in [0.2, 0.25) is 0 Å². The minimum absolute atomic E-state index is 0.0870. The summed E-state index contributed by atoms with van der Waals surface area (Å²) < 4.78 is 10.8. The number of piperidine rings is 2. The fourth-order valence-corrected chi connectivity index (χ4v) is 3.90. The van der Waals surface area contributed by atoms with Gasteiger partial charge in [0.1, 0.15) is 5.75 Å². The number of likely N-dealkylation sites (tertiary alicyclic amines) is 2. The number of methoxy groups -OCH3 is 2. The average molecular weight is 332 g/mol. The summed E-state index contributed by atoms with van der Waals surface area (Å²) in [6.45, 7) is 3.88. The second kappa shape index (κ2) is 7.99. The molecule has 0 N–H and O–H groups in total. The van der Waals surface area contributed by atoms with Crippen molar-refractivity contribution in [2.24, 2.45) is 0 Å². The number of carbonyl (C=O) groups is 1. The number of ether oxygens (including phenoxy) is 2. The van der Waals surface area contributed by atoms with E-state index in [0.29, 0.717) is 23.5 Å². The van der Waals surface area contributed by atoms with Gasteiger partial charge < -0.3 is 19.3 Å². The summed E-state index contributed by atoms with van der Waals surface area (Å²) in [5.74, 6) is 0.746. The van der Waals surface area contributed by atoms with Crippen molar-refractivity contribution in [2.75, 3.05) is 40.4 Å². The van der Waals surface area contributed by atoms with Crippen LogP contribution in [-0.2, 0) is 4.74 Å². The second-order valence-electron chi connectivity index (χ2n) is 6.69. The van der Waals surface area contributed by atoms with Gasteiger partial charge in [0.2, 0.25) is 0 Å². The third kappa shape index (κ3) is 3.73. The van der Waals surface area contributed by atoms with Crippen molar-refractivity contribution in [3.05, 3.63) is 29.8 Å². The van der Waals surface area contributed by atoms with Crippen LogP contribution in [0.4, 0.5) is 0 Å². The Kier molecular flexibility index (Phi) is 5.74. The molecule has 0 unspecified atom stereocenters. The lowest BCUT2D eigenvalue weighted by atomic mass is 9.98. The van der Waals surface area contributed by atoms with Crippen molar-refractivity contribution in [1.82, 2.24) is 9.80 Å². The molecule has 2 fully saturated rings. The molecule has 2 aliphatic heterocycles. The van der Waals surface area contributed by atoms with E-state index in [9.17, 15) is 4.79 Å². The maximum atomic E-state index is 12.8. The van der Waals surface area contributed by atoms with Crippen LogP contribution in [0.5, 0.6) is 5.75 Å². The quantitative estimate of drug-likeness (QED) is 0.849. The summed E-state index contributed by atoms with van der Waals surface area (Å²) >= 11 is 0. The zero-order chi connectivity index (χ0) is 16.9. The number of amides is 1. The molecule has 132 valence electrons. The largest absolute Gasteiger partial charge is 0.496 e. The molecule has 0 spiro atoms. The molecule has 2 heterocycles. The predicted octanol–water partition coefficient (Wildman–Crippen LogP) is 2.41. The Hall–Kier alpha value is -1.59. The summed E-state index contributed by atoms with van der Waals surface area (Å²) in [6.07, 6.45) is 4.78. The van der Waals surface area contributed by atoms with Gasteiger partial charge in [-0.25, -0.2) is 0 Å². The van der Waals surface area contributed by atoms with E-state index in [1.54, 1.807) is 7.11 Å². The minimum Gasteiger partial charge on any atom is -0.496 e. The van der Waals surface area contributed by atoms with Crippen LogP contribution >= 0.6 is 0 Å². The van der Waals surface area contributed by atoms with Crippen molar-refractivity contribution in [1.29, 1.82) is 0 Å². The van der Waals surface area contributed by atoms with E-state index in [2.05, 4.69) is 4.90 Å². The third-order valence-electron chi connectivity index (χ3n) is 5.42. The van der Waals surface area contributed by atoms with Crippen molar-refractivity contribution >= 4 is 5.91 Å². The predicted molar refractivity (Wildman–Crippen MR) is 93.5 cm³/mol. The maximum Gasteiger partial charge on any atom is 0.257 e. The van der Waals surface area contributed by atoms with Gasteiger partial charge in [0.05, 0.1) is 18.8 Å². The Morgan fingerprint density at radius 2 is 1.67 bits per heavy atom. The zero-order valence-electron chi connectivity index (χ0n) is 14.7. The summed E-state index contributed by atoms with van der Waals surface area (Å²) in [6, 6.07) is 8.08. The van der Waals surface area contributed by atoms with E-state index in [4.69, 9.17) is 9.47 Å². The fraction of sp³-hybridized carbons (Fsp3) is 0.632. The Morgan fingerprint density at radius 3 is 2.29 bits per heavy atom. The van der Waals surface area contributed by atoms with Crippen molar-refractivity contribution < 1.29 is 14.3 Å². The average Bonchev–Trinajstić information content (AvgIpc) is 2.67. The van der Waals surface area contributed by atoms with Crippen LogP contribution in [0.1, 0.15) is 36.0 Å². The molecular weight excluding hydrogens is 304 g/mol. The first-order valence-corrected chi connectivity index (χ1v) is 8.92. The maximum absolute atomic E-state index is 12.8. The highest BCUT2D eigenvalue weighted by atomic mass is 16.5. The van der Waals surface area contributed by atoms with Gasteiger partial charge in [0.25, 0.3) is 5.91 Å². The molecule has 0 bridgehead atoms. The second-order valence-corrected chi connectivity index (χ2v) is 6.69. The van der Waals surface area contributed by atoms with Crippen LogP contribution in [-0.4, -0.2) is 68.3 Å². The molecule has 0 saturated carbocycles. The van der Waals surface area contributed by atoms with E-state index >= 15 is 0 Å². The minimum atomic E-state index is 0.0870. The van der Waals surface area contributed by atoms with Gasteiger partial charge in [0.15, 0.2) is 0 Å². The van der Waals surface area contributed by atoms with Gasteiger partial charge in [-0.15, -0.1) is 0 Å². The highest BCUT2D eigenvalue weighted by molar-refractivity contribution is 5.97. The lowest BCUT2D eigenvalue weighted by Gasteiger charge is -2.41. The molecule has 2 saturated heterocycles. The molecule has 5 nitrogen and oxygen atoms in total. The highest BCUT2D eigenvalue weighted by Gasteiger charge is 2.30. The Labute approximate surface area is 144 Å². The lowest BCUT2D eigenvalue weighted by molar-refractivity contribution is 0.0145. The Balaban J connectivity index is 1.54. The molecular formula is C19H28N2O3. The number of rotatable bonds is 4. The molecule has 0 aromatic heterocycles. The Morgan fingerprint density at radius 1 is 1.00 bits per heavy atom. The smallest absolute Gasteiger partial charge is 0.257 e. The molecule has 0 radical (unpaired) electrons. The van der Waals surface area contributed by atoms with Gasteiger partial charge >= 0.3 is 0 Å². The standard InChI is InChI=1S/C19H28N2O3/c1-23-16-9-13-20(14-10-16)15-7-11-21(12-8-15)19(22)17-5-3-4-6-18(17)24-2/h3-6,15-16H,7-14H2,1-2H3. The van der Waals surface area contributed by atoms with Gasteiger partial charge in [-0.2, -0.15) is 0 Å². The number of hydrogen-bond acceptors (Lipinski definition) is 4. The van der Waals surface area contributed by atoms with E-state index in [1.165, 1.54) is 0 Å². The molecule has 1 aromatic rings. The summed E-state index contributed by atoms with van der Waals surface area (Å²) in [5.41, 5.74) is 0.666. The van der Waals surface area contributed by atoms with Gasteiger partial charge in [-0.1, -0.05) is 12.1 Å². The van der Waals surface area contributed by atoms with Crippen molar-refractivity contribution in [2.45, 2.75) is 37.8 Å². The van der Waals surface area contributed by atoms with Gasteiger partial charge in [-0.3, -0.25) is 4.79 Å². The van der Waals surface area contributed by atoms with Crippen molar-refractivity contribution in [3.8, 4) is 5.75 Å². The summed E-state index contributed by atoms with van der Waals surface area (Å²) in [5, 5.41) is 0. The number of hydrogen-bond donors (Lipinski definition) is 0. The first-order valence-electron chi connectivity index (χ1n) is 8.92. The molecule has 24 heavy (non-hydrogen) atoms. The first kappa shape index (κ1) is 17.2. The van der Waals surface area contributed by atoms with Crippen molar-refractivity contribution in [3.63, 3.8) is 0 Å². The van der Waals surface area contributed by atoms with Crippen LogP contribution < -0.4 is 4.74 Å². The molecule has 0 aliphatic carbocycles. The topological polar surface area (TPSA) is 42.0 Å². The molecule has 0 atom stereocenters. The monoisotopic (exact) mass is 332 g/mol. The van der Waals surface area contributed by atoms with Crippen LogP contribution in [0.3, 0.4) is 0 Å². The molecule has 5 heteroatoms. The van der Waals surface area contributed by atoms with E-state index in [-0.39, 0.29) is 5.91 Å². The zero-order valence-corrected chi connectivity index (χ0v) is 14.7. The summed E-state index contributed by atoms with van der Waals surface area (Å²) in [4.78, 5) is 17.3. The molecule has 3 rings (SSSR count). The van der Waals surface area contributed by atoms with Gasteiger partial charge in [-0.05, 0) is 37.8 Å². The van der Waals surface area contributed by atoms with Crippen LogP contribution in [0.25, 0.3) is 0 Å². The summed E-state index contributed by atoms with van der Waals surface area (Å²) in [7, 11) is 3.42. The van der Waals surface area contributed by atoms with Crippen LogP contribution in [0.15, 0.2) is 24.3 Å². The normalized spacial score (nSPS) is 21.0. The molecule has 1 amide bonds. The SMILES string of the molecule is COc1ccccc1C(=O)N1CCC(N2CCC(OC)CC2)CC1. The van der Waals surface area contributed by atoms with E-state index in [0.717, 1.165) is 51.9 Å². The van der Waals surface area contributed by atoms with E-state index < -0.39 is 0 Å². The third-order valence-corrected chi connectivity index (χ3v) is 5.42. The van der Waals surface area contributed by atoms with Crippen LogP contribution in [0, 0.1) is 0 Å². The van der Waals surface area contributed by atoms with E-state index in [1.807, 2.05) is 36.3 Å². The molecule has 1 aromatic carbocycles. The Bertz CT molecular complexity index is 547. The lowest BCUT2D eigenvalue weighted by Crippen LogP contribution is -2.49. The highest BCUT2D eigenvalue weighted by Crippen LogP contribution is 2.25. The number of carbonyl (C=O) groups excluding carboxylic acids is 1. The number of benzene rings is 1. The molecule has 2 aliphatic rings. The fourth-order valence-electron chi connectivity index (χ4n) is 3.90.